The maximum atomic E-state index is 12.7. The number of benzene rings is 2. The van der Waals surface area contributed by atoms with Crippen molar-refractivity contribution < 1.29 is 14.7 Å². The Morgan fingerprint density at radius 1 is 1.00 bits per heavy atom. The van der Waals surface area contributed by atoms with E-state index in [1.54, 1.807) is 12.1 Å². The molecule has 1 aliphatic rings. The second kappa shape index (κ2) is 6.02. The molecule has 2 aromatic carbocycles. The molecule has 1 atom stereocenters. The van der Waals surface area contributed by atoms with E-state index in [4.69, 9.17) is 5.11 Å². The van der Waals surface area contributed by atoms with Crippen molar-refractivity contribution in [3.8, 4) is 0 Å². The highest BCUT2D eigenvalue weighted by atomic mass is 16.4. The molecule has 22 heavy (non-hydrogen) atoms. The van der Waals surface area contributed by atoms with Crippen LogP contribution in [-0.2, 0) is 0 Å². The third-order valence-electron chi connectivity index (χ3n) is 4.05. The number of carboxylic acid groups (broad SMARTS) is 1. The fourth-order valence-corrected chi connectivity index (χ4v) is 2.98. The zero-order valence-corrected chi connectivity index (χ0v) is 12.1. The zero-order chi connectivity index (χ0) is 15.5. The number of amides is 1. The van der Waals surface area contributed by atoms with Crippen LogP contribution in [0.25, 0.3) is 0 Å². The minimum absolute atomic E-state index is 0.0715. The first-order valence-electron chi connectivity index (χ1n) is 7.36. The largest absolute Gasteiger partial charge is 0.478 e. The van der Waals surface area contributed by atoms with E-state index < -0.39 is 5.97 Å². The van der Waals surface area contributed by atoms with Crippen LogP contribution >= 0.6 is 0 Å². The van der Waals surface area contributed by atoms with E-state index in [-0.39, 0.29) is 17.5 Å². The lowest BCUT2D eigenvalue weighted by Gasteiger charge is -2.25. The van der Waals surface area contributed by atoms with E-state index in [0.717, 1.165) is 18.4 Å². The predicted molar refractivity (Wildman–Crippen MR) is 82.9 cm³/mol. The number of hydrogen-bond acceptors (Lipinski definition) is 2. The fraction of sp³-hybridized carbons (Fsp3) is 0.222. The first kappa shape index (κ1) is 14.3. The number of carboxylic acids is 1. The summed E-state index contributed by atoms with van der Waals surface area (Å²) in [4.78, 5) is 25.6. The van der Waals surface area contributed by atoms with Crippen molar-refractivity contribution in [2.24, 2.45) is 0 Å². The quantitative estimate of drug-likeness (QED) is 0.944. The van der Waals surface area contributed by atoms with Gasteiger partial charge in [-0.2, -0.15) is 0 Å². The van der Waals surface area contributed by atoms with Crippen LogP contribution in [0.15, 0.2) is 54.6 Å². The van der Waals surface area contributed by atoms with E-state index in [1.165, 1.54) is 12.1 Å². The first-order valence-corrected chi connectivity index (χ1v) is 7.36. The van der Waals surface area contributed by atoms with E-state index in [2.05, 4.69) is 0 Å². The van der Waals surface area contributed by atoms with Gasteiger partial charge in [0.2, 0.25) is 0 Å². The Labute approximate surface area is 129 Å². The minimum atomic E-state index is -1.02. The average Bonchev–Trinajstić information content (AvgIpc) is 3.04. The number of nitrogens with zero attached hydrogens (tertiary/aromatic N) is 1. The summed E-state index contributed by atoms with van der Waals surface area (Å²) >= 11 is 0. The van der Waals surface area contributed by atoms with Gasteiger partial charge in [-0.05, 0) is 36.6 Å². The van der Waals surface area contributed by atoms with Gasteiger partial charge in [-0.1, -0.05) is 36.4 Å². The summed E-state index contributed by atoms with van der Waals surface area (Å²) in [5.74, 6) is -1.12. The Balaban J connectivity index is 1.88. The van der Waals surface area contributed by atoms with Crippen molar-refractivity contribution in [3.05, 3.63) is 71.3 Å². The summed E-state index contributed by atoms with van der Waals surface area (Å²) in [7, 11) is 0. The Kier molecular flexibility index (Phi) is 3.92. The van der Waals surface area contributed by atoms with Crippen LogP contribution in [0.5, 0.6) is 0 Å². The fourth-order valence-electron chi connectivity index (χ4n) is 2.98. The molecule has 4 nitrogen and oxygen atoms in total. The second-order valence-electron chi connectivity index (χ2n) is 5.45. The van der Waals surface area contributed by atoms with Crippen molar-refractivity contribution in [3.63, 3.8) is 0 Å². The van der Waals surface area contributed by atoms with Gasteiger partial charge in [-0.25, -0.2) is 4.79 Å². The Bertz CT molecular complexity index is 696. The molecule has 0 radical (unpaired) electrons. The van der Waals surface area contributed by atoms with Crippen LogP contribution in [-0.4, -0.2) is 28.4 Å². The van der Waals surface area contributed by atoms with Gasteiger partial charge in [0, 0.05) is 12.1 Å². The van der Waals surface area contributed by atoms with Gasteiger partial charge >= 0.3 is 5.97 Å². The van der Waals surface area contributed by atoms with E-state index >= 15 is 0 Å². The highest BCUT2D eigenvalue weighted by Crippen LogP contribution is 2.33. The number of rotatable bonds is 3. The van der Waals surface area contributed by atoms with E-state index in [1.807, 2.05) is 35.2 Å². The van der Waals surface area contributed by atoms with Gasteiger partial charge in [0.05, 0.1) is 11.6 Å². The molecule has 1 amide bonds. The number of carbonyl (C=O) groups excluding carboxylic acids is 1. The summed E-state index contributed by atoms with van der Waals surface area (Å²) < 4.78 is 0. The highest BCUT2D eigenvalue weighted by Gasteiger charge is 2.30. The van der Waals surface area contributed by atoms with Gasteiger partial charge < -0.3 is 10.0 Å². The topological polar surface area (TPSA) is 57.6 Å². The first-order chi connectivity index (χ1) is 10.7. The molecule has 0 bridgehead atoms. The molecule has 1 saturated heterocycles. The van der Waals surface area contributed by atoms with E-state index in [9.17, 15) is 9.59 Å². The summed E-state index contributed by atoms with van der Waals surface area (Å²) in [6.45, 7) is 0.704. The normalized spacial score (nSPS) is 17.5. The molecule has 112 valence electrons. The van der Waals surface area contributed by atoms with Gasteiger partial charge in [-0.15, -0.1) is 0 Å². The molecular formula is C18H17NO3. The Morgan fingerprint density at radius 3 is 2.45 bits per heavy atom. The van der Waals surface area contributed by atoms with Crippen molar-refractivity contribution in [1.29, 1.82) is 0 Å². The lowest BCUT2D eigenvalue weighted by molar-refractivity contribution is 0.0697. The molecule has 4 heteroatoms. The van der Waals surface area contributed by atoms with Crippen LogP contribution in [0, 0.1) is 0 Å². The molecule has 1 fully saturated rings. The van der Waals surface area contributed by atoms with Crippen molar-refractivity contribution >= 4 is 11.9 Å². The number of aromatic carboxylic acids is 1. The van der Waals surface area contributed by atoms with Crippen LogP contribution in [0.1, 0.15) is 45.2 Å². The van der Waals surface area contributed by atoms with Crippen molar-refractivity contribution in [2.45, 2.75) is 18.9 Å². The summed E-state index contributed by atoms with van der Waals surface area (Å²) in [6.07, 6.45) is 1.90. The molecule has 1 aliphatic heterocycles. The standard InChI is InChI=1S/C18H17NO3/c20-17(14-8-4-9-15(12-14)18(21)22)19-11-5-10-16(19)13-6-2-1-3-7-13/h1-4,6-9,12,16H,5,10-11H2,(H,21,22). The van der Waals surface area contributed by atoms with Gasteiger partial charge in [0.1, 0.15) is 0 Å². The predicted octanol–water partition coefficient (Wildman–Crippen LogP) is 3.36. The smallest absolute Gasteiger partial charge is 0.335 e. The number of likely N-dealkylation sites (tertiary alicyclic amines) is 1. The molecular weight excluding hydrogens is 278 g/mol. The van der Waals surface area contributed by atoms with Crippen molar-refractivity contribution in [2.75, 3.05) is 6.54 Å². The van der Waals surface area contributed by atoms with Crippen molar-refractivity contribution in [1.82, 2.24) is 4.90 Å². The third kappa shape index (κ3) is 2.72. The second-order valence-corrected chi connectivity index (χ2v) is 5.45. The monoisotopic (exact) mass is 295 g/mol. The Morgan fingerprint density at radius 2 is 1.73 bits per heavy atom. The van der Waals surface area contributed by atoms with Crippen LogP contribution < -0.4 is 0 Å². The molecule has 0 spiro atoms. The van der Waals surface area contributed by atoms with Crippen LogP contribution in [0.3, 0.4) is 0 Å². The van der Waals surface area contributed by atoms with E-state index in [0.29, 0.717) is 12.1 Å². The molecule has 0 aliphatic carbocycles. The molecule has 2 aromatic rings. The van der Waals surface area contributed by atoms with Crippen LogP contribution in [0.2, 0.25) is 0 Å². The third-order valence-corrected chi connectivity index (χ3v) is 4.05. The zero-order valence-electron chi connectivity index (χ0n) is 12.1. The van der Waals surface area contributed by atoms with Gasteiger partial charge in [0.15, 0.2) is 0 Å². The summed E-state index contributed by atoms with van der Waals surface area (Å²) in [5.41, 5.74) is 1.70. The SMILES string of the molecule is O=C(O)c1cccc(C(=O)N2CCCC2c2ccccc2)c1. The average molecular weight is 295 g/mol. The molecule has 0 saturated carbocycles. The molecule has 3 rings (SSSR count). The number of hydrogen-bond donors (Lipinski definition) is 1. The van der Waals surface area contributed by atoms with Gasteiger partial charge in [0.25, 0.3) is 5.91 Å². The lowest BCUT2D eigenvalue weighted by atomic mass is 10.0. The molecule has 1 N–H and O–H groups in total. The van der Waals surface area contributed by atoms with Gasteiger partial charge in [-0.3, -0.25) is 4.79 Å². The summed E-state index contributed by atoms with van der Waals surface area (Å²) in [6, 6.07) is 16.3. The maximum absolute atomic E-state index is 12.7. The summed E-state index contributed by atoms with van der Waals surface area (Å²) in [5, 5.41) is 9.06. The van der Waals surface area contributed by atoms with Crippen LogP contribution in [0.4, 0.5) is 0 Å². The maximum Gasteiger partial charge on any atom is 0.335 e. The highest BCUT2D eigenvalue weighted by molar-refractivity contribution is 5.97. The Hall–Kier alpha value is -2.62. The number of carbonyl (C=O) groups is 2. The molecule has 1 unspecified atom stereocenters. The lowest BCUT2D eigenvalue weighted by Crippen LogP contribution is -2.30. The minimum Gasteiger partial charge on any atom is -0.478 e. The molecule has 0 aromatic heterocycles. The molecule has 1 heterocycles.